The SMILES string of the molecule is C=Cc1ccc(COC(=O)c2csc(C(C)=O)c2)cc1. The Morgan fingerprint density at radius 3 is 2.55 bits per heavy atom. The largest absolute Gasteiger partial charge is 0.457 e. The first-order chi connectivity index (χ1) is 9.60. The van der Waals surface area contributed by atoms with E-state index in [9.17, 15) is 9.59 Å². The van der Waals surface area contributed by atoms with Gasteiger partial charge >= 0.3 is 5.97 Å². The van der Waals surface area contributed by atoms with Gasteiger partial charge in [-0.25, -0.2) is 4.79 Å². The van der Waals surface area contributed by atoms with E-state index >= 15 is 0 Å². The van der Waals surface area contributed by atoms with Crippen LogP contribution in [0, 0.1) is 0 Å². The second-order valence-corrected chi connectivity index (χ2v) is 5.19. The van der Waals surface area contributed by atoms with Gasteiger partial charge in [0.1, 0.15) is 6.61 Å². The van der Waals surface area contributed by atoms with Crippen LogP contribution in [0.4, 0.5) is 0 Å². The molecule has 0 aliphatic heterocycles. The van der Waals surface area contributed by atoms with E-state index in [4.69, 9.17) is 4.74 Å². The van der Waals surface area contributed by atoms with Crippen molar-refractivity contribution < 1.29 is 14.3 Å². The van der Waals surface area contributed by atoms with Gasteiger partial charge in [-0.2, -0.15) is 0 Å². The van der Waals surface area contributed by atoms with Crippen LogP contribution < -0.4 is 0 Å². The second kappa shape index (κ2) is 6.30. The predicted octanol–water partition coefficient (Wildman–Crippen LogP) is 3.95. The average Bonchev–Trinajstić information content (AvgIpc) is 2.95. The maximum atomic E-state index is 11.8. The molecule has 102 valence electrons. The van der Waals surface area contributed by atoms with Crippen molar-refractivity contribution in [2.75, 3.05) is 0 Å². The van der Waals surface area contributed by atoms with Crippen molar-refractivity contribution in [3.63, 3.8) is 0 Å². The Hall–Kier alpha value is -2.20. The quantitative estimate of drug-likeness (QED) is 0.617. The van der Waals surface area contributed by atoms with E-state index in [-0.39, 0.29) is 12.4 Å². The van der Waals surface area contributed by atoms with Gasteiger partial charge in [0.2, 0.25) is 0 Å². The van der Waals surface area contributed by atoms with Crippen LogP contribution in [0.1, 0.15) is 38.1 Å². The average molecular weight is 286 g/mol. The fourth-order valence-corrected chi connectivity index (χ4v) is 2.39. The molecule has 0 saturated carbocycles. The third-order valence-electron chi connectivity index (χ3n) is 2.77. The zero-order valence-electron chi connectivity index (χ0n) is 11.1. The molecule has 0 radical (unpaired) electrons. The van der Waals surface area contributed by atoms with Crippen molar-refractivity contribution in [1.29, 1.82) is 0 Å². The summed E-state index contributed by atoms with van der Waals surface area (Å²) in [4.78, 5) is 23.6. The lowest BCUT2D eigenvalue weighted by Crippen LogP contribution is -2.04. The number of benzene rings is 1. The summed E-state index contributed by atoms with van der Waals surface area (Å²) >= 11 is 1.25. The Labute approximate surface area is 121 Å². The fourth-order valence-electron chi connectivity index (χ4n) is 1.61. The summed E-state index contributed by atoms with van der Waals surface area (Å²) < 4.78 is 5.21. The first-order valence-electron chi connectivity index (χ1n) is 6.08. The molecule has 1 heterocycles. The first-order valence-corrected chi connectivity index (χ1v) is 6.96. The van der Waals surface area contributed by atoms with Gasteiger partial charge < -0.3 is 4.74 Å². The molecule has 2 aromatic rings. The molecule has 3 nitrogen and oxygen atoms in total. The summed E-state index contributed by atoms with van der Waals surface area (Å²) in [5.41, 5.74) is 2.35. The van der Waals surface area contributed by atoms with Crippen LogP contribution in [-0.4, -0.2) is 11.8 Å². The minimum atomic E-state index is -0.415. The number of thiophene rings is 1. The van der Waals surface area contributed by atoms with Crippen LogP contribution in [0.3, 0.4) is 0 Å². The van der Waals surface area contributed by atoms with Gasteiger partial charge in [0, 0.05) is 5.38 Å². The Morgan fingerprint density at radius 2 is 2.00 bits per heavy atom. The highest BCUT2D eigenvalue weighted by atomic mass is 32.1. The maximum absolute atomic E-state index is 11.8. The third-order valence-corrected chi connectivity index (χ3v) is 3.80. The number of carbonyl (C=O) groups excluding carboxylic acids is 2. The van der Waals surface area contributed by atoms with Gasteiger partial charge in [-0.3, -0.25) is 4.79 Å². The molecule has 0 spiro atoms. The molecular formula is C16H14O3S. The summed E-state index contributed by atoms with van der Waals surface area (Å²) in [5, 5.41) is 1.64. The van der Waals surface area contributed by atoms with Gasteiger partial charge in [0.25, 0.3) is 0 Å². The number of ketones is 1. The van der Waals surface area contributed by atoms with Crippen molar-refractivity contribution >= 4 is 29.2 Å². The van der Waals surface area contributed by atoms with Crippen molar-refractivity contribution in [2.24, 2.45) is 0 Å². The van der Waals surface area contributed by atoms with E-state index in [2.05, 4.69) is 6.58 Å². The number of Topliss-reactive ketones (excluding diaryl/α,β-unsaturated/α-hetero) is 1. The molecule has 1 aromatic heterocycles. The highest BCUT2D eigenvalue weighted by Crippen LogP contribution is 2.17. The smallest absolute Gasteiger partial charge is 0.339 e. The molecule has 0 unspecified atom stereocenters. The van der Waals surface area contributed by atoms with Crippen molar-refractivity contribution in [3.8, 4) is 0 Å². The molecule has 0 atom stereocenters. The van der Waals surface area contributed by atoms with E-state index in [1.807, 2.05) is 24.3 Å². The van der Waals surface area contributed by atoms with Crippen LogP contribution in [0.15, 0.2) is 42.3 Å². The molecule has 0 aliphatic rings. The summed E-state index contributed by atoms with van der Waals surface area (Å²) in [6, 6.07) is 9.16. The fraction of sp³-hybridized carbons (Fsp3) is 0.125. The third kappa shape index (κ3) is 3.42. The number of ether oxygens (including phenoxy) is 1. The van der Waals surface area contributed by atoms with Gasteiger partial charge in [-0.15, -0.1) is 11.3 Å². The number of rotatable bonds is 5. The second-order valence-electron chi connectivity index (χ2n) is 4.28. The van der Waals surface area contributed by atoms with Gasteiger partial charge in [-0.1, -0.05) is 36.9 Å². The minimum Gasteiger partial charge on any atom is -0.457 e. The zero-order chi connectivity index (χ0) is 14.5. The van der Waals surface area contributed by atoms with Crippen LogP contribution in [0.2, 0.25) is 0 Å². The first kappa shape index (κ1) is 14.2. The predicted molar refractivity (Wildman–Crippen MR) is 80.0 cm³/mol. The Morgan fingerprint density at radius 1 is 1.30 bits per heavy atom. The summed E-state index contributed by atoms with van der Waals surface area (Å²) in [5.74, 6) is -0.462. The monoisotopic (exact) mass is 286 g/mol. The van der Waals surface area contributed by atoms with E-state index in [1.54, 1.807) is 17.5 Å². The molecular weight excluding hydrogens is 272 g/mol. The topological polar surface area (TPSA) is 43.4 Å². The molecule has 0 fully saturated rings. The van der Waals surface area contributed by atoms with Gasteiger partial charge in [-0.05, 0) is 24.1 Å². The van der Waals surface area contributed by atoms with Crippen LogP contribution in [0.25, 0.3) is 6.08 Å². The standard InChI is InChI=1S/C16H14O3S/c1-3-12-4-6-13(7-5-12)9-19-16(18)14-8-15(11(2)17)20-10-14/h3-8,10H,1,9H2,2H3. The number of esters is 1. The Kier molecular flexibility index (Phi) is 4.48. The summed E-state index contributed by atoms with van der Waals surface area (Å²) in [6.07, 6.45) is 1.75. The molecule has 20 heavy (non-hydrogen) atoms. The molecule has 4 heteroatoms. The highest BCUT2D eigenvalue weighted by molar-refractivity contribution is 7.12. The molecule has 0 bridgehead atoms. The lowest BCUT2D eigenvalue weighted by atomic mass is 10.1. The Balaban J connectivity index is 1.96. The number of hydrogen-bond acceptors (Lipinski definition) is 4. The van der Waals surface area contributed by atoms with E-state index in [1.165, 1.54) is 18.3 Å². The van der Waals surface area contributed by atoms with Crippen LogP contribution in [-0.2, 0) is 11.3 Å². The molecule has 0 saturated heterocycles. The molecule has 2 rings (SSSR count). The van der Waals surface area contributed by atoms with Crippen LogP contribution >= 0.6 is 11.3 Å². The molecule has 0 N–H and O–H groups in total. The van der Waals surface area contributed by atoms with E-state index in [0.717, 1.165) is 11.1 Å². The van der Waals surface area contributed by atoms with Crippen molar-refractivity contribution in [2.45, 2.75) is 13.5 Å². The van der Waals surface area contributed by atoms with E-state index in [0.29, 0.717) is 10.4 Å². The van der Waals surface area contributed by atoms with Crippen molar-refractivity contribution in [3.05, 3.63) is 63.9 Å². The van der Waals surface area contributed by atoms with E-state index < -0.39 is 5.97 Å². The molecule has 0 amide bonds. The van der Waals surface area contributed by atoms with Crippen LogP contribution in [0.5, 0.6) is 0 Å². The lowest BCUT2D eigenvalue weighted by Gasteiger charge is -2.04. The minimum absolute atomic E-state index is 0.0472. The summed E-state index contributed by atoms with van der Waals surface area (Å²) in [6.45, 7) is 5.36. The normalized spacial score (nSPS) is 10.1. The summed E-state index contributed by atoms with van der Waals surface area (Å²) in [7, 11) is 0. The number of carbonyl (C=O) groups is 2. The van der Waals surface area contributed by atoms with Gasteiger partial charge in [0.15, 0.2) is 5.78 Å². The highest BCUT2D eigenvalue weighted by Gasteiger charge is 2.12. The Bertz CT molecular complexity index is 638. The van der Waals surface area contributed by atoms with Gasteiger partial charge in [0.05, 0.1) is 10.4 Å². The zero-order valence-corrected chi connectivity index (χ0v) is 11.9. The number of hydrogen-bond donors (Lipinski definition) is 0. The maximum Gasteiger partial charge on any atom is 0.339 e. The lowest BCUT2D eigenvalue weighted by molar-refractivity contribution is 0.0473. The molecule has 1 aromatic carbocycles. The van der Waals surface area contributed by atoms with Crippen molar-refractivity contribution in [1.82, 2.24) is 0 Å². The molecule has 0 aliphatic carbocycles.